The third-order valence-corrected chi connectivity index (χ3v) is 4.07. The summed E-state index contributed by atoms with van der Waals surface area (Å²) in [6.07, 6.45) is -4.04. The Bertz CT molecular complexity index is 786. The van der Waals surface area contributed by atoms with Crippen LogP contribution in [0, 0.1) is 19.8 Å². The fourth-order valence-electron chi connectivity index (χ4n) is 2.90. The fraction of sp³-hybridized carbons (Fsp3) is 0.353. The SMILES string of the molecule is Cc1cc(C)nc(NNC(=O)[C@@H]2C[C@@H]2c2ccccc2C(F)(F)F)n1. The van der Waals surface area contributed by atoms with Gasteiger partial charge >= 0.3 is 6.18 Å². The first-order chi connectivity index (χ1) is 11.8. The molecule has 132 valence electrons. The second-order valence-corrected chi connectivity index (χ2v) is 6.12. The van der Waals surface area contributed by atoms with Gasteiger partial charge in [0.25, 0.3) is 0 Å². The summed E-state index contributed by atoms with van der Waals surface area (Å²) in [7, 11) is 0. The van der Waals surface area contributed by atoms with Gasteiger partial charge in [0.2, 0.25) is 11.9 Å². The van der Waals surface area contributed by atoms with Gasteiger partial charge in [-0.25, -0.2) is 9.97 Å². The van der Waals surface area contributed by atoms with E-state index in [-0.39, 0.29) is 17.4 Å². The van der Waals surface area contributed by atoms with Gasteiger partial charge in [-0.1, -0.05) is 18.2 Å². The monoisotopic (exact) mass is 350 g/mol. The van der Waals surface area contributed by atoms with Crippen LogP contribution in [0.3, 0.4) is 0 Å². The highest BCUT2D eigenvalue weighted by atomic mass is 19.4. The molecule has 0 spiro atoms. The van der Waals surface area contributed by atoms with E-state index in [9.17, 15) is 18.0 Å². The summed E-state index contributed by atoms with van der Waals surface area (Å²) in [5.41, 5.74) is 6.07. The normalized spacial score (nSPS) is 19.4. The second kappa shape index (κ2) is 6.34. The van der Waals surface area contributed by atoms with Crippen molar-refractivity contribution in [3.05, 3.63) is 52.8 Å². The van der Waals surface area contributed by atoms with E-state index in [0.29, 0.717) is 6.42 Å². The van der Waals surface area contributed by atoms with E-state index in [1.165, 1.54) is 12.1 Å². The number of hydrazine groups is 1. The third kappa shape index (κ3) is 3.89. The summed E-state index contributed by atoms with van der Waals surface area (Å²) in [6, 6.07) is 7.17. The van der Waals surface area contributed by atoms with Gasteiger partial charge in [0.05, 0.1) is 5.56 Å². The lowest BCUT2D eigenvalue weighted by Gasteiger charge is -2.12. The maximum Gasteiger partial charge on any atom is 0.416 e. The van der Waals surface area contributed by atoms with Crippen LogP contribution in [0.4, 0.5) is 19.1 Å². The quantitative estimate of drug-likeness (QED) is 0.830. The molecule has 1 fully saturated rings. The standard InChI is InChI=1S/C17H17F3N4O/c1-9-7-10(2)22-16(21-9)24-23-15(25)13-8-12(13)11-5-3-4-6-14(11)17(18,19)20/h3-7,12-13H,8H2,1-2H3,(H,23,25)(H,21,22,24)/t12-,13-/m1/s1. The summed E-state index contributed by atoms with van der Waals surface area (Å²) < 4.78 is 39.2. The van der Waals surface area contributed by atoms with Crippen molar-refractivity contribution in [1.82, 2.24) is 15.4 Å². The Hall–Kier alpha value is -2.64. The van der Waals surface area contributed by atoms with E-state index >= 15 is 0 Å². The van der Waals surface area contributed by atoms with Crippen LogP contribution < -0.4 is 10.9 Å². The highest BCUT2D eigenvalue weighted by Crippen LogP contribution is 2.50. The number of hydrogen-bond donors (Lipinski definition) is 2. The molecule has 1 heterocycles. The zero-order chi connectivity index (χ0) is 18.2. The minimum atomic E-state index is -4.43. The van der Waals surface area contributed by atoms with Gasteiger partial charge < -0.3 is 0 Å². The molecule has 0 unspecified atom stereocenters. The molecule has 0 saturated heterocycles. The lowest BCUT2D eigenvalue weighted by Crippen LogP contribution is -2.32. The van der Waals surface area contributed by atoms with Crippen molar-refractivity contribution >= 4 is 11.9 Å². The van der Waals surface area contributed by atoms with Crippen LogP contribution in [0.1, 0.15) is 34.9 Å². The summed E-state index contributed by atoms with van der Waals surface area (Å²) >= 11 is 0. The second-order valence-electron chi connectivity index (χ2n) is 6.12. The van der Waals surface area contributed by atoms with Gasteiger partial charge in [-0.2, -0.15) is 13.2 Å². The first-order valence-corrected chi connectivity index (χ1v) is 7.80. The van der Waals surface area contributed by atoms with Crippen LogP contribution in [0.2, 0.25) is 0 Å². The Labute approximate surface area is 142 Å². The number of nitrogens with zero attached hydrogens (tertiary/aromatic N) is 2. The Balaban J connectivity index is 1.65. The minimum Gasteiger partial charge on any atom is -0.273 e. The molecule has 1 aliphatic carbocycles. The van der Waals surface area contributed by atoms with Crippen LogP contribution in [-0.4, -0.2) is 15.9 Å². The van der Waals surface area contributed by atoms with E-state index in [0.717, 1.165) is 17.5 Å². The van der Waals surface area contributed by atoms with Crippen molar-refractivity contribution in [1.29, 1.82) is 0 Å². The minimum absolute atomic E-state index is 0.165. The highest BCUT2D eigenvalue weighted by Gasteiger charge is 2.47. The average Bonchev–Trinajstić information content (AvgIpc) is 3.31. The summed E-state index contributed by atoms with van der Waals surface area (Å²) in [4.78, 5) is 20.4. The summed E-state index contributed by atoms with van der Waals surface area (Å²) in [5.74, 6) is -1.05. The maximum atomic E-state index is 13.1. The number of amides is 1. The number of anilines is 1. The fourth-order valence-corrected chi connectivity index (χ4v) is 2.90. The molecule has 25 heavy (non-hydrogen) atoms. The van der Waals surface area contributed by atoms with Gasteiger partial charge in [-0.05, 0) is 43.9 Å². The zero-order valence-corrected chi connectivity index (χ0v) is 13.7. The van der Waals surface area contributed by atoms with Crippen LogP contribution >= 0.6 is 0 Å². The Kier molecular flexibility index (Phi) is 4.36. The van der Waals surface area contributed by atoms with Gasteiger partial charge in [-0.15, -0.1) is 0 Å². The smallest absolute Gasteiger partial charge is 0.273 e. The van der Waals surface area contributed by atoms with Crippen molar-refractivity contribution < 1.29 is 18.0 Å². The van der Waals surface area contributed by atoms with E-state index in [1.807, 2.05) is 0 Å². The number of carbonyl (C=O) groups excluding carboxylic acids is 1. The van der Waals surface area contributed by atoms with Gasteiger partial charge in [0, 0.05) is 17.3 Å². The molecule has 1 saturated carbocycles. The topological polar surface area (TPSA) is 66.9 Å². The summed E-state index contributed by atoms with van der Waals surface area (Å²) in [6.45, 7) is 3.60. The highest BCUT2D eigenvalue weighted by molar-refractivity contribution is 5.83. The van der Waals surface area contributed by atoms with E-state index in [2.05, 4.69) is 20.8 Å². The van der Waals surface area contributed by atoms with E-state index in [4.69, 9.17) is 0 Å². The molecule has 8 heteroatoms. The molecule has 2 N–H and O–H groups in total. The van der Waals surface area contributed by atoms with Gasteiger partial charge in [0.1, 0.15) is 0 Å². The molecular formula is C17H17F3N4O. The molecule has 1 amide bonds. The van der Waals surface area contributed by atoms with Crippen molar-refractivity contribution in [3.63, 3.8) is 0 Å². The molecule has 2 atom stereocenters. The van der Waals surface area contributed by atoms with E-state index < -0.39 is 23.6 Å². The Morgan fingerprint density at radius 3 is 2.44 bits per heavy atom. The summed E-state index contributed by atoms with van der Waals surface area (Å²) in [5, 5.41) is 0. The molecule has 0 bridgehead atoms. The molecule has 1 aromatic heterocycles. The van der Waals surface area contributed by atoms with Crippen LogP contribution in [0.25, 0.3) is 0 Å². The molecule has 3 rings (SSSR count). The number of alkyl halides is 3. The van der Waals surface area contributed by atoms with Crippen molar-refractivity contribution in [3.8, 4) is 0 Å². The lowest BCUT2D eigenvalue weighted by atomic mass is 10.0. The molecule has 5 nitrogen and oxygen atoms in total. The molecular weight excluding hydrogens is 333 g/mol. The first-order valence-electron chi connectivity index (χ1n) is 7.80. The van der Waals surface area contributed by atoms with Crippen LogP contribution in [-0.2, 0) is 11.0 Å². The van der Waals surface area contributed by atoms with Crippen molar-refractivity contribution in [2.75, 3.05) is 5.43 Å². The number of aryl methyl sites for hydroxylation is 2. The van der Waals surface area contributed by atoms with Crippen LogP contribution in [0.5, 0.6) is 0 Å². The number of nitrogens with one attached hydrogen (secondary N) is 2. The van der Waals surface area contributed by atoms with E-state index in [1.54, 1.807) is 26.0 Å². The van der Waals surface area contributed by atoms with Gasteiger partial charge in [0.15, 0.2) is 0 Å². The largest absolute Gasteiger partial charge is 0.416 e. The van der Waals surface area contributed by atoms with Crippen molar-refractivity contribution in [2.45, 2.75) is 32.4 Å². The number of aromatic nitrogens is 2. The van der Waals surface area contributed by atoms with Crippen molar-refractivity contribution in [2.24, 2.45) is 5.92 Å². The number of halogens is 3. The predicted molar refractivity (Wildman–Crippen MR) is 85.6 cm³/mol. The number of benzene rings is 1. The molecule has 1 aliphatic rings. The number of rotatable bonds is 4. The lowest BCUT2D eigenvalue weighted by molar-refractivity contribution is -0.138. The van der Waals surface area contributed by atoms with Crippen LogP contribution in [0.15, 0.2) is 30.3 Å². The molecule has 2 aromatic rings. The number of carbonyl (C=O) groups is 1. The predicted octanol–water partition coefficient (Wildman–Crippen LogP) is 3.36. The average molecular weight is 350 g/mol. The Morgan fingerprint density at radius 2 is 1.80 bits per heavy atom. The maximum absolute atomic E-state index is 13.1. The Morgan fingerprint density at radius 1 is 1.16 bits per heavy atom. The first kappa shape index (κ1) is 17.2. The third-order valence-electron chi connectivity index (χ3n) is 4.07. The molecule has 0 radical (unpaired) electrons. The molecule has 0 aliphatic heterocycles. The number of hydrogen-bond acceptors (Lipinski definition) is 4. The van der Waals surface area contributed by atoms with Gasteiger partial charge in [-0.3, -0.25) is 15.6 Å². The molecule has 1 aromatic carbocycles. The zero-order valence-electron chi connectivity index (χ0n) is 13.7.